The van der Waals surface area contributed by atoms with Crippen LogP contribution >= 0.6 is 31.9 Å². The fourth-order valence-electron chi connectivity index (χ4n) is 2.26. The topological polar surface area (TPSA) is 21.3 Å². The van der Waals surface area contributed by atoms with E-state index in [2.05, 4.69) is 37.2 Å². The molecular weight excluding hydrogens is 389 g/mol. The van der Waals surface area contributed by atoms with Crippen LogP contribution in [0.15, 0.2) is 45.3 Å². The highest BCUT2D eigenvalue weighted by atomic mass is 79.9. The highest BCUT2D eigenvalue weighted by Gasteiger charge is 2.23. The van der Waals surface area contributed by atoms with Gasteiger partial charge in [-0.1, -0.05) is 15.9 Å². The van der Waals surface area contributed by atoms with Crippen LogP contribution in [0.4, 0.5) is 10.1 Å². The Morgan fingerprint density at radius 1 is 1.20 bits per heavy atom. The number of halogens is 3. The van der Waals surface area contributed by atoms with E-state index in [4.69, 9.17) is 4.74 Å². The Labute approximate surface area is 133 Å². The summed E-state index contributed by atoms with van der Waals surface area (Å²) in [5, 5.41) is 3.35. The van der Waals surface area contributed by atoms with Gasteiger partial charge < -0.3 is 10.1 Å². The zero-order valence-corrected chi connectivity index (χ0v) is 13.7. The van der Waals surface area contributed by atoms with E-state index in [1.807, 2.05) is 18.2 Å². The van der Waals surface area contributed by atoms with E-state index in [9.17, 15) is 4.39 Å². The third-order valence-corrected chi connectivity index (χ3v) is 4.36. The molecule has 1 unspecified atom stereocenters. The molecule has 1 atom stereocenters. The number of hydrogen-bond acceptors (Lipinski definition) is 2. The number of anilines is 1. The highest BCUT2D eigenvalue weighted by Crippen LogP contribution is 2.30. The molecule has 0 aromatic heterocycles. The molecule has 0 spiro atoms. The molecule has 2 nitrogen and oxygen atoms in total. The first-order valence-corrected chi connectivity index (χ1v) is 7.84. The molecule has 0 radical (unpaired) electrons. The minimum Gasteiger partial charge on any atom is -0.488 e. The van der Waals surface area contributed by atoms with Gasteiger partial charge in [-0.3, -0.25) is 0 Å². The normalized spacial score (nSPS) is 16.6. The minimum absolute atomic E-state index is 0.0300. The summed E-state index contributed by atoms with van der Waals surface area (Å²) in [4.78, 5) is 0. The van der Waals surface area contributed by atoms with E-state index >= 15 is 0 Å². The van der Waals surface area contributed by atoms with Crippen LogP contribution in [0.1, 0.15) is 5.56 Å². The molecule has 1 heterocycles. The fourth-order valence-corrected chi connectivity index (χ4v) is 3.45. The summed E-state index contributed by atoms with van der Waals surface area (Å²) in [7, 11) is 0. The van der Waals surface area contributed by atoms with E-state index in [1.54, 1.807) is 12.1 Å². The lowest BCUT2D eigenvalue weighted by Crippen LogP contribution is -2.24. The second-order valence-corrected chi connectivity index (χ2v) is 6.47. The van der Waals surface area contributed by atoms with Crippen molar-refractivity contribution in [1.82, 2.24) is 0 Å². The van der Waals surface area contributed by atoms with Crippen molar-refractivity contribution in [3.63, 3.8) is 0 Å². The van der Waals surface area contributed by atoms with E-state index in [1.165, 1.54) is 6.07 Å². The van der Waals surface area contributed by atoms with Crippen molar-refractivity contribution in [3.05, 3.63) is 56.7 Å². The largest absolute Gasteiger partial charge is 0.488 e. The number of rotatable bonds is 3. The summed E-state index contributed by atoms with van der Waals surface area (Å²) < 4.78 is 21.0. The van der Waals surface area contributed by atoms with Crippen LogP contribution in [0.3, 0.4) is 0 Å². The summed E-state index contributed by atoms with van der Waals surface area (Å²) >= 11 is 6.93. The van der Waals surface area contributed by atoms with Gasteiger partial charge in [0.15, 0.2) is 0 Å². The van der Waals surface area contributed by atoms with Gasteiger partial charge in [0.1, 0.15) is 17.7 Å². The summed E-state index contributed by atoms with van der Waals surface area (Å²) in [6.07, 6.45) is 0.760. The molecule has 0 fully saturated rings. The molecule has 0 amide bonds. The lowest BCUT2D eigenvalue weighted by atomic mass is 10.1. The van der Waals surface area contributed by atoms with E-state index in [-0.39, 0.29) is 11.9 Å². The minimum atomic E-state index is -0.211. The van der Waals surface area contributed by atoms with Crippen LogP contribution in [0.25, 0.3) is 0 Å². The summed E-state index contributed by atoms with van der Waals surface area (Å²) in [5.41, 5.74) is 1.95. The van der Waals surface area contributed by atoms with Crippen molar-refractivity contribution in [1.29, 1.82) is 0 Å². The van der Waals surface area contributed by atoms with Crippen molar-refractivity contribution < 1.29 is 9.13 Å². The Hall–Kier alpha value is -1.07. The lowest BCUT2D eigenvalue weighted by molar-refractivity contribution is 0.246. The zero-order valence-electron chi connectivity index (χ0n) is 10.5. The van der Waals surface area contributed by atoms with E-state index in [0.717, 1.165) is 32.4 Å². The third kappa shape index (κ3) is 2.99. The maximum Gasteiger partial charge on any atom is 0.123 e. The van der Waals surface area contributed by atoms with Crippen molar-refractivity contribution in [2.45, 2.75) is 12.5 Å². The van der Waals surface area contributed by atoms with Gasteiger partial charge in [0.2, 0.25) is 0 Å². The van der Waals surface area contributed by atoms with E-state index < -0.39 is 0 Å². The van der Waals surface area contributed by atoms with Crippen LogP contribution in [-0.4, -0.2) is 12.6 Å². The lowest BCUT2D eigenvalue weighted by Gasteiger charge is -2.14. The van der Waals surface area contributed by atoms with Crippen LogP contribution in [0.2, 0.25) is 0 Å². The fraction of sp³-hybridized carbons (Fsp3) is 0.200. The molecule has 1 N–H and O–H groups in total. The Bertz CT molecular complexity index is 648. The van der Waals surface area contributed by atoms with Gasteiger partial charge in [-0.25, -0.2) is 4.39 Å². The Morgan fingerprint density at radius 2 is 2.05 bits per heavy atom. The maximum absolute atomic E-state index is 13.1. The molecule has 3 rings (SSSR count). The number of nitrogens with one attached hydrogen (secondary N) is 1. The highest BCUT2D eigenvalue weighted by molar-refractivity contribution is 9.11. The first-order chi connectivity index (χ1) is 9.61. The summed E-state index contributed by atoms with van der Waals surface area (Å²) in [6, 6.07) is 10.6. The quantitative estimate of drug-likeness (QED) is 0.801. The summed E-state index contributed by atoms with van der Waals surface area (Å²) in [6.45, 7) is 0.677. The molecule has 1 aliphatic heterocycles. The van der Waals surface area contributed by atoms with Gasteiger partial charge in [0.05, 0.1) is 6.54 Å². The monoisotopic (exact) mass is 399 g/mol. The standard InChI is InChI=1S/C15H12Br2FNO/c16-10-1-3-14(13(17)7-10)19-8-12-6-9-5-11(18)2-4-15(9)20-12/h1-5,7,12,19H,6,8H2. The second-order valence-electron chi connectivity index (χ2n) is 4.70. The van der Waals surface area contributed by atoms with Crippen molar-refractivity contribution in [2.75, 3.05) is 11.9 Å². The van der Waals surface area contributed by atoms with Gasteiger partial charge in [0.25, 0.3) is 0 Å². The van der Waals surface area contributed by atoms with Crippen LogP contribution < -0.4 is 10.1 Å². The van der Waals surface area contributed by atoms with Gasteiger partial charge in [0, 0.05) is 26.6 Å². The molecule has 0 saturated carbocycles. The molecule has 2 aromatic carbocycles. The number of fused-ring (bicyclic) bond motifs is 1. The van der Waals surface area contributed by atoms with Crippen LogP contribution in [0.5, 0.6) is 5.75 Å². The second kappa shape index (κ2) is 5.74. The molecule has 5 heteroatoms. The Balaban J connectivity index is 1.63. The number of hydrogen-bond donors (Lipinski definition) is 1. The first kappa shape index (κ1) is 13.9. The first-order valence-electron chi connectivity index (χ1n) is 6.26. The molecule has 104 valence electrons. The SMILES string of the molecule is Fc1ccc2c(c1)CC(CNc1ccc(Br)cc1Br)O2. The Morgan fingerprint density at radius 3 is 2.85 bits per heavy atom. The summed E-state index contributed by atoms with van der Waals surface area (Å²) in [5.74, 6) is 0.574. The Kier molecular flexibility index (Phi) is 3.98. The third-order valence-electron chi connectivity index (χ3n) is 3.22. The number of benzene rings is 2. The molecule has 1 aliphatic rings. The van der Waals surface area contributed by atoms with Crippen LogP contribution in [0, 0.1) is 5.82 Å². The predicted molar refractivity (Wildman–Crippen MR) is 84.9 cm³/mol. The van der Waals surface area contributed by atoms with Crippen LogP contribution in [-0.2, 0) is 6.42 Å². The smallest absolute Gasteiger partial charge is 0.123 e. The molecule has 20 heavy (non-hydrogen) atoms. The average Bonchev–Trinajstić information content (AvgIpc) is 2.79. The average molecular weight is 401 g/mol. The molecule has 0 aliphatic carbocycles. The molecule has 2 aromatic rings. The van der Waals surface area contributed by atoms with E-state index in [0.29, 0.717) is 6.54 Å². The molecule has 0 bridgehead atoms. The number of ether oxygens (including phenoxy) is 1. The van der Waals surface area contributed by atoms with Crippen molar-refractivity contribution >= 4 is 37.5 Å². The van der Waals surface area contributed by atoms with Gasteiger partial charge >= 0.3 is 0 Å². The predicted octanol–water partition coefficient (Wildman–Crippen LogP) is 4.77. The maximum atomic E-state index is 13.1. The van der Waals surface area contributed by atoms with Crippen molar-refractivity contribution in [2.24, 2.45) is 0 Å². The van der Waals surface area contributed by atoms with Crippen molar-refractivity contribution in [3.8, 4) is 5.75 Å². The van der Waals surface area contributed by atoms with Gasteiger partial charge in [-0.15, -0.1) is 0 Å². The zero-order chi connectivity index (χ0) is 14.1. The van der Waals surface area contributed by atoms with Gasteiger partial charge in [-0.05, 0) is 52.3 Å². The van der Waals surface area contributed by atoms with Gasteiger partial charge in [-0.2, -0.15) is 0 Å². The molecular formula is C15H12Br2FNO. The molecule has 0 saturated heterocycles.